The van der Waals surface area contributed by atoms with Crippen LogP contribution in [0.5, 0.6) is 5.75 Å². The quantitative estimate of drug-likeness (QED) is 0.781. The average Bonchev–Trinajstić information content (AvgIpc) is 2.24. The largest absolute Gasteiger partial charge is 0.478 e. The topological polar surface area (TPSA) is 110 Å². The third-order valence-corrected chi connectivity index (χ3v) is 2.63. The van der Waals surface area contributed by atoms with Gasteiger partial charge in [-0.25, -0.2) is 4.79 Å². The molecule has 1 rings (SSSR count). The van der Waals surface area contributed by atoms with Crippen molar-refractivity contribution in [2.45, 2.75) is 19.9 Å². The number of carboxylic acids is 1. The highest BCUT2D eigenvalue weighted by molar-refractivity contribution is 7.86. The molecule has 0 bridgehead atoms. The van der Waals surface area contributed by atoms with Crippen molar-refractivity contribution in [3.8, 4) is 5.75 Å². The van der Waals surface area contributed by atoms with Crippen LogP contribution >= 0.6 is 0 Å². The number of aromatic carboxylic acids is 1. The molecule has 0 aliphatic carbocycles. The molecule has 8 heteroatoms. The Morgan fingerprint density at radius 3 is 2.35 bits per heavy atom. The second kappa shape index (κ2) is 5.91. The van der Waals surface area contributed by atoms with Gasteiger partial charge >= 0.3 is 16.1 Å². The van der Waals surface area contributed by atoms with Gasteiger partial charge < -0.3 is 14.6 Å². The lowest BCUT2D eigenvalue weighted by Crippen LogP contribution is -2.31. The summed E-state index contributed by atoms with van der Waals surface area (Å²) in [5, 5.41) is 11.7. The van der Waals surface area contributed by atoms with Crippen molar-refractivity contribution < 1.29 is 27.3 Å². The second-order valence-electron chi connectivity index (χ2n) is 4.40. The fourth-order valence-corrected chi connectivity index (χ4v) is 1.98. The minimum atomic E-state index is -3.89. The molecule has 0 aliphatic rings. The standard InChI is InChI=1S/C12H15NO6S/c1-7(2)13-11(14)8-5-4-6-9(10(8)12(15)16)19-20(3,17)18/h4-7H,1-3H3,(H,13,14)(H,15,16). The Morgan fingerprint density at radius 2 is 1.90 bits per heavy atom. The van der Waals surface area contributed by atoms with Crippen LogP contribution < -0.4 is 9.50 Å². The molecular weight excluding hydrogens is 286 g/mol. The monoisotopic (exact) mass is 301 g/mol. The van der Waals surface area contributed by atoms with Crippen LogP contribution in [0.2, 0.25) is 0 Å². The van der Waals surface area contributed by atoms with Gasteiger partial charge in [-0.2, -0.15) is 8.42 Å². The van der Waals surface area contributed by atoms with E-state index in [-0.39, 0.29) is 11.6 Å². The third-order valence-electron chi connectivity index (χ3n) is 2.15. The van der Waals surface area contributed by atoms with Crippen molar-refractivity contribution in [1.82, 2.24) is 5.32 Å². The number of hydrogen-bond donors (Lipinski definition) is 2. The number of hydrogen-bond acceptors (Lipinski definition) is 5. The summed E-state index contributed by atoms with van der Waals surface area (Å²) >= 11 is 0. The molecule has 0 heterocycles. The smallest absolute Gasteiger partial charge is 0.340 e. The van der Waals surface area contributed by atoms with Crippen LogP contribution in [0.1, 0.15) is 34.6 Å². The number of carboxylic acid groups (broad SMARTS) is 1. The van der Waals surface area contributed by atoms with Gasteiger partial charge in [0.2, 0.25) is 0 Å². The number of amides is 1. The number of rotatable bonds is 5. The summed E-state index contributed by atoms with van der Waals surface area (Å²) in [5.41, 5.74) is -0.650. The molecule has 0 fully saturated rings. The highest BCUT2D eigenvalue weighted by Gasteiger charge is 2.23. The molecule has 110 valence electrons. The van der Waals surface area contributed by atoms with Gasteiger partial charge in [-0.05, 0) is 26.0 Å². The summed E-state index contributed by atoms with van der Waals surface area (Å²) < 4.78 is 26.8. The summed E-state index contributed by atoms with van der Waals surface area (Å²) in [6.07, 6.45) is 0.791. The number of carbonyl (C=O) groups is 2. The summed E-state index contributed by atoms with van der Waals surface area (Å²) in [7, 11) is -3.89. The molecule has 1 amide bonds. The third kappa shape index (κ3) is 4.23. The summed E-state index contributed by atoms with van der Waals surface area (Å²) in [6.45, 7) is 3.43. The average molecular weight is 301 g/mol. The first-order chi connectivity index (χ1) is 9.11. The zero-order valence-electron chi connectivity index (χ0n) is 11.2. The van der Waals surface area contributed by atoms with Gasteiger partial charge in [0.05, 0.1) is 11.8 Å². The summed E-state index contributed by atoms with van der Waals surface area (Å²) in [5.74, 6) is -2.45. The van der Waals surface area contributed by atoms with Crippen LogP contribution in [0.25, 0.3) is 0 Å². The molecule has 0 saturated carbocycles. The highest BCUT2D eigenvalue weighted by Crippen LogP contribution is 2.24. The van der Waals surface area contributed by atoms with E-state index in [0.717, 1.165) is 6.26 Å². The van der Waals surface area contributed by atoms with Crippen molar-refractivity contribution in [2.24, 2.45) is 0 Å². The van der Waals surface area contributed by atoms with Crippen molar-refractivity contribution in [1.29, 1.82) is 0 Å². The van der Waals surface area contributed by atoms with Crippen LogP contribution in [0.4, 0.5) is 0 Å². The maximum absolute atomic E-state index is 11.9. The lowest BCUT2D eigenvalue weighted by molar-refractivity contribution is 0.0688. The van der Waals surface area contributed by atoms with Gasteiger partial charge in [-0.15, -0.1) is 0 Å². The Balaban J connectivity index is 3.36. The molecule has 7 nitrogen and oxygen atoms in total. The molecule has 1 aromatic rings. The Morgan fingerprint density at radius 1 is 1.30 bits per heavy atom. The van der Waals surface area contributed by atoms with Crippen molar-refractivity contribution >= 4 is 22.0 Å². The van der Waals surface area contributed by atoms with Crippen molar-refractivity contribution in [3.05, 3.63) is 29.3 Å². The van der Waals surface area contributed by atoms with E-state index in [4.69, 9.17) is 0 Å². The van der Waals surface area contributed by atoms with E-state index in [1.807, 2.05) is 0 Å². The summed E-state index contributed by atoms with van der Waals surface area (Å²) in [6, 6.07) is 3.62. The first-order valence-corrected chi connectivity index (χ1v) is 7.50. The van der Waals surface area contributed by atoms with Crippen LogP contribution in [-0.2, 0) is 10.1 Å². The Kier molecular flexibility index (Phi) is 4.72. The Hall–Kier alpha value is -2.09. The van der Waals surface area contributed by atoms with Gasteiger partial charge in [-0.1, -0.05) is 6.07 Å². The van der Waals surface area contributed by atoms with E-state index in [2.05, 4.69) is 9.50 Å². The molecule has 20 heavy (non-hydrogen) atoms. The minimum absolute atomic E-state index is 0.160. The number of benzene rings is 1. The molecule has 0 aromatic heterocycles. The molecular formula is C12H15NO6S. The second-order valence-corrected chi connectivity index (χ2v) is 5.97. The molecule has 1 aromatic carbocycles. The molecule has 2 N–H and O–H groups in total. The first-order valence-electron chi connectivity index (χ1n) is 5.68. The number of carbonyl (C=O) groups excluding carboxylic acids is 1. The molecule has 0 atom stereocenters. The van der Waals surface area contributed by atoms with Crippen molar-refractivity contribution in [2.75, 3.05) is 6.26 Å². The van der Waals surface area contributed by atoms with E-state index in [1.54, 1.807) is 13.8 Å². The zero-order valence-corrected chi connectivity index (χ0v) is 12.0. The Bertz CT molecular complexity index is 635. The fourth-order valence-electron chi connectivity index (χ4n) is 1.51. The van der Waals surface area contributed by atoms with E-state index >= 15 is 0 Å². The van der Waals surface area contributed by atoms with Gasteiger partial charge in [0.15, 0.2) is 5.75 Å². The van der Waals surface area contributed by atoms with Crippen LogP contribution in [-0.4, -0.2) is 37.7 Å². The lowest BCUT2D eigenvalue weighted by Gasteiger charge is -2.13. The normalized spacial score (nSPS) is 11.2. The zero-order chi connectivity index (χ0) is 15.5. The van der Waals surface area contributed by atoms with Crippen molar-refractivity contribution in [3.63, 3.8) is 0 Å². The van der Waals surface area contributed by atoms with E-state index in [1.165, 1.54) is 18.2 Å². The van der Waals surface area contributed by atoms with Gasteiger partial charge in [-0.3, -0.25) is 4.79 Å². The van der Waals surface area contributed by atoms with Gasteiger partial charge in [0.1, 0.15) is 5.56 Å². The first kappa shape index (κ1) is 16.0. The summed E-state index contributed by atoms with van der Waals surface area (Å²) in [4.78, 5) is 23.2. The predicted octanol–water partition coefficient (Wildman–Crippen LogP) is 0.861. The maximum Gasteiger partial charge on any atom is 0.340 e. The fraction of sp³-hybridized carbons (Fsp3) is 0.333. The van der Waals surface area contributed by atoms with Gasteiger partial charge in [0, 0.05) is 6.04 Å². The Labute approximate surface area is 116 Å². The van der Waals surface area contributed by atoms with E-state index in [0.29, 0.717) is 0 Å². The van der Waals surface area contributed by atoms with E-state index in [9.17, 15) is 23.1 Å². The van der Waals surface area contributed by atoms with E-state index < -0.39 is 33.3 Å². The van der Waals surface area contributed by atoms with Crippen LogP contribution in [0.3, 0.4) is 0 Å². The SMILES string of the molecule is CC(C)NC(=O)c1cccc(OS(C)(=O)=O)c1C(=O)O. The van der Waals surface area contributed by atoms with Crippen LogP contribution in [0.15, 0.2) is 18.2 Å². The lowest BCUT2D eigenvalue weighted by atomic mass is 10.1. The maximum atomic E-state index is 11.9. The van der Waals surface area contributed by atoms with Gasteiger partial charge in [0.25, 0.3) is 5.91 Å². The minimum Gasteiger partial charge on any atom is -0.478 e. The molecule has 0 spiro atoms. The number of nitrogens with one attached hydrogen (secondary N) is 1. The molecule has 0 saturated heterocycles. The highest BCUT2D eigenvalue weighted by atomic mass is 32.2. The predicted molar refractivity (Wildman–Crippen MR) is 71.5 cm³/mol. The molecule has 0 unspecified atom stereocenters. The molecule has 0 radical (unpaired) electrons. The van der Waals surface area contributed by atoms with Crippen LogP contribution in [0, 0.1) is 0 Å². The molecule has 0 aliphatic heterocycles.